The number of halogens is 3. The lowest BCUT2D eigenvalue weighted by Crippen LogP contribution is -2.27. The lowest BCUT2D eigenvalue weighted by Gasteiger charge is -2.21. The standard InChI is InChI=1S/C18H26ClF2N3/c1-3-4-12-24(17-9-8-16(19)14-23-17)13-11-22-10-6-5-7-15(2)18(20)21/h6,8-11,14-15,18H,3-5,7,12-13H2,1-2H3/b10-6+,22-11+. The summed E-state index contributed by atoms with van der Waals surface area (Å²) in [4.78, 5) is 10.7. The maximum Gasteiger partial charge on any atom is 0.241 e. The average Bonchev–Trinajstić information content (AvgIpc) is 2.57. The van der Waals surface area contributed by atoms with E-state index in [4.69, 9.17) is 11.6 Å². The van der Waals surface area contributed by atoms with Gasteiger partial charge in [0, 0.05) is 31.1 Å². The average molecular weight is 358 g/mol. The van der Waals surface area contributed by atoms with E-state index in [1.165, 1.54) is 0 Å². The minimum atomic E-state index is -2.25. The summed E-state index contributed by atoms with van der Waals surface area (Å²) in [6.45, 7) is 5.25. The fourth-order valence-corrected chi connectivity index (χ4v) is 2.14. The zero-order valence-corrected chi connectivity index (χ0v) is 15.1. The van der Waals surface area contributed by atoms with Crippen LogP contribution in [0.2, 0.25) is 5.02 Å². The van der Waals surface area contributed by atoms with Gasteiger partial charge in [0.25, 0.3) is 0 Å². The number of aliphatic imine (C=N–C) groups is 1. The van der Waals surface area contributed by atoms with Gasteiger partial charge in [-0.05, 0) is 31.4 Å². The van der Waals surface area contributed by atoms with E-state index in [1.807, 2.05) is 18.2 Å². The number of rotatable bonds is 11. The number of anilines is 1. The van der Waals surface area contributed by atoms with Crippen molar-refractivity contribution in [1.82, 2.24) is 4.98 Å². The predicted octanol–water partition coefficient (Wildman–Crippen LogP) is 5.61. The molecule has 1 rings (SSSR count). The Morgan fingerprint density at radius 1 is 1.38 bits per heavy atom. The van der Waals surface area contributed by atoms with Crippen LogP contribution in [-0.2, 0) is 0 Å². The first-order valence-electron chi connectivity index (χ1n) is 8.35. The van der Waals surface area contributed by atoms with Crippen molar-refractivity contribution in [1.29, 1.82) is 0 Å². The molecule has 1 aromatic rings. The van der Waals surface area contributed by atoms with Crippen LogP contribution in [0, 0.1) is 5.92 Å². The molecule has 6 heteroatoms. The molecule has 0 amide bonds. The van der Waals surface area contributed by atoms with E-state index >= 15 is 0 Å². The molecule has 0 saturated carbocycles. The molecule has 1 atom stereocenters. The van der Waals surface area contributed by atoms with Gasteiger partial charge < -0.3 is 4.90 Å². The predicted molar refractivity (Wildman–Crippen MR) is 98.4 cm³/mol. The first-order valence-corrected chi connectivity index (χ1v) is 8.73. The Bertz CT molecular complexity index is 503. The first-order chi connectivity index (χ1) is 11.5. The van der Waals surface area contributed by atoms with Gasteiger partial charge in [-0.1, -0.05) is 37.9 Å². The van der Waals surface area contributed by atoms with Crippen molar-refractivity contribution in [2.75, 3.05) is 18.0 Å². The van der Waals surface area contributed by atoms with Crippen LogP contribution in [-0.4, -0.2) is 30.7 Å². The number of unbranched alkanes of at least 4 members (excludes halogenated alkanes) is 1. The molecule has 0 aliphatic heterocycles. The zero-order valence-electron chi connectivity index (χ0n) is 14.3. The van der Waals surface area contributed by atoms with Crippen LogP contribution < -0.4 is 4.90 Å². The molecule has 3 nitrogen and oxygen atoms in total. The topological polar surface area (TPSA) is 28.5 Å². The van der Waals surface area contributed by atoms with E-state index < -0.39 is 12.3 Å². The molecule has 0 aliphatic rings. The molecule has 1 unspecified atom stereocenters. The summed E-state index contributed by atoms with van der Waals surface area (Å²) in [6, 6.07) is 3.72. The van der Waals surface area contributed by atoms with E-state index in [-0.39, 0.29) is 0 Å². The molecule has 0 radical (unpaired) electrons. The number of allylic oxidation sites excluding steroid dienone is 1. The summed E-state index contributed by atoms with van der Waals surface area (Å²) in [5.74, 6) is 0.299. The molecule has 0 aromatic carbocycles. The minimum Gasteiger partial charge on any atom is -0.351 e. The van der Waals surface area contributed by atoms with Gasteiger partial charge >= 0.3 is 0 Å². The molecular formula is C18H26ClF2N3. The molecule has 134 valence electrons. The fraction of sp³-hybridized carbons (Fsp3) is 0.556. The Hall–Kier alpha value is -1.49. The van der Waals surface area contributed by atoms with Gasteiger partial charge in [0.1, 0.15) is 5.82 Å². The second kappa shape index (κ2) is 12.0. The third kappa shape index (κ3) is 8.39. The molecular weight excluding hydrogens is 332 g/mol. The maximum atomic E-state index is 12.4. The Kier molecular flexibility index (Phi) is 10.2. The van der Waals surface area contributed by atoms with E-state index in [2.05, 4.69) is 21.8 Å². The third-order valence-corrected chi connectivity index (χ3v) is 3.86. The lowest BCUT2D eigenvalue weighted by molar-refractivity contribution is 0.0825. The number of hydrogen-bond donors (Lipinski definition) is 0. The summed E-state index contributed by atoms with van der Waals surface area (Å²) in [5.41, 5.74) is 0. The molecule has 24 heavy (non-hydrogen) atoms. The molecule has 0 spiro atoms. The van der Waals surface area contributed by atoms with Crippen LogP contribution in [0.15, 0.2) is 35.6 Å². The van der Waals surface area contributed by atoms with Gasteiger partial charge in [0.05, 0.1) is 11.6 Å². The second-order valence-electron chi connectivity index (χ2n) is 5.74. The third-order valence-electron chi connectivity index (χ3n) is 3.64. The Morgan fingerprint density at radius 3 is 2.79 bits per heavy atom. The van der Waals surface area contributed by atoms with E-state index in [9.17, 15) is 8.78 Å². The smallest absolute Gasteiger partial charge is 0.241 e. The van der Waals surface area contributed by atoms with E-state index in [0.29, 0.717) is 24.4 Å². The largest absolute Gasteiger partial charge is 0.351 e. The number of aromatic nitrogens is 1. The SMILES string of the molecule is CCCCN(C/C=N/C=C/CCC(C)C(F)F)c1ccc(Cl)cn1. The lowest BCUT2D eigenvalue weighted by atomic mass is 10.1. The zero-order chi connectivity index (χ0) is 17.8. The minimum absolute atomic E-state index is 0.473. The van der Waals surface area contributed by atoms with Gasteiger partial charge in [-0.15, -0.1) is 0 Å². The first kappa shape index (κ1) is 20.6. The number of nitrogens with zero attached hydrogens (tertiary/aromatic N) is 3. The van der Waals surface area contributed by atoms with Gasteiger partial charge in [-0.3, -0.25) is 4.99 Å². The normalized spacial score (nSPS) is 13.2. The van der Waals surface area contributed by atoms with Crippen molar-refractivity contribution < 1.29 is 8.78 Å². The van der Waals surface area contributed by atoms with Crippen LogP contribution >= 0.6 is 11.6 Å². The van der Waals surface area contributed by atoms with Crippen molar-refractivity contribution in [3.8, 4) is 0 Å². The quantitative estimate of drug-likeness (QED) is 0.482. The van der Waals surface area contributed by atoms with E-state index in [0.717, 1.165) is 25.2 Å². The molecule has 0 fully saturated rings. The van der Waals surface area contributed by atoms with Crippen LogP contribution in [0.5, 0.6) is 0 Å². The summed E-state index contributed by atoms with van der Waals surface area (Å²) >= 11 is 5.87. The highest BCUT2D eigenvalue weighted by Gasteiger charge is 2.12. The van der Waals surface area contributed by atoms with Crippen molar-refractivity contribution in [2.45, 2.75) is 46.0 Å². The summed E-state index contributed by atoms with van der Waals surface area (Å²) < 4.78 is 24.7. The van der Waals surface area contributed by atoms with Crippen LogP contribution in [0.4, 0.5) is 14.6 Å². The Labute approximate surface area is 148 Å². The Morgan fingerprint density at radius 2 is 2.17 bits per heavy atom. The monoisotopic (exact) mass is 357 g/mol. The molecule has 1 heterocycles. The summed E-state index contributed by atoms with van der Waals surface area (Å²) in [6.07, 6.45) is 7.94. The van der Waals surface area contributed by atoms with Crippen LogP contribution in [0.3, 0.4) is 0 Å². The molecule has 0 N–H and O–H groups in total. The molecule has 0 aliphatic carbocycles. The fourth-order valence-electron chi connectivity index (χ4n) is 2.03. The van der Waals surface area contributed by atoms with Gasteiger partial charge in [-0.2, -0.15) is 0 Å². The van der Waals surface area contributed by atoms with Gasteiger partial charge in [0.15, 0.2) is 0 Å². The van der Waals surface area contributed by atoms with Crippen LogP contribution in [0.1, 0.15) is 39.5 Å². The number of alkyl halides is 2. The number of hydrogen-bond acceptors (Lipinski definition) is 3. The summed E-state index contributed by atoms with van der Waals surface area (Å²) in [5, 5.41) is 0.615. The van der Waals surface area contributed by atoms with Gasteiger partial charge in [0.2, 0.25) is 6.43 Å². The highest BCUT2D eigenvalue weighted by Crippen LogP contribution is 2.15. The van der Waals surface area contributed by atoms with Gasteiger partial charge in [-0.25, -0.2) is 13.8 Å². The molecule has 0 bridgehead atoms. The highest BCUT2D eigenvalue weighted by atomic mass is 35.5. The van der Waals surface area contributed by atoms with Crippen molar-refractivity contribution in [2.24, 2.45) is 10.9 Å². The second-order valence-corrected chi connectivity index (χ2v) is 6.18. The van der Waals surface area contributed by atoms with Crippen LogP contribution in [0.25, 0.3) is 0 Å². The maximum absolute atomic E-state index is 12.4. The highest BCUT2D eigenvalue weighted by molar-refractivity contribution is 6.30. The molecule has 0 saturated heterocycles. The Balaban J connectivity index is 2.45. The van der Waals surface area contributed by atoms with Crippen molar-refractivity contribution in [3.05, 3.63) is 35.6 Å². The van der Waals surface area contributed by atoms with Crippen molar-refractivity contribution in [3.63, 3.8) is 0 Å². The summed E-state index contributed by atoms with van der Waals surface area (Å²) in [7, 11) is 0. The number of pyridine rings is 1. The van der Waals surface area contributed by atoms with Crippen molar-refractivity contribution >= 4 is 23.6 Å². The molecule has 1 aromatic heterocycles. The van der Waals surface area contributed by atoms with E-state index in [1.54, 1.807) is 25.5 Å².